The van der Waals surface area contributed by atoms with E-state index >= 15 is 0 Å². The van der Waals surface area contributed by atoms with Crippen LogP contribution < -0.4 is 0 Å². The molecule has 2 rings (SSSR count). The van der Waals surface area contributed by atoms with Crippen LogP contribution in [0, 0.1) is 16.3 Å². The molecule has 82 valence electrons. The van der Waals surface area contributed by atoms with Crippen molar-refractivity contribution in [3.05, 3.63) is 68.5 Å². The van der Waals surface area contributed by atoms with E-state index in [4.69, 9.17) is 0 Å². The molecule has 0 N–H and O–H groups in total. The van der Waals surface area contributed by atoms with Gasteiger partial charge in [0, 0.05) is 3.57 Å². The Kier molecular flexibility index (Phi) is 3.59. The maximum Gasteiger partial charge on any atom is 0.126 e. The molecular weight excluding hydrogens is 314 g/mol. The average molecular weight is 326 g/mol. The predicted octanol–water partition coefficient (Wildman–Crippen LogP) is 4.33. The lowest BCUT2D eigenvalue weighted by molar-refractivity contribution is 0.616. The highest BCUT2D eigenvalue weighted by Gasteiger charge is 2.00. The Balaban J connectivity index is 2.20. The maximum atomic E-state index is 13.3. The number of hydrogen-bond acceptors (Lipinski definition) is 0. The van der Waals surface area contributed by atoms with Gasteiger partial charge in [0.25, 0.3) is 0 Å². The molecule has 0 aliphatic carbocycles. The molecule has 0 bridgehead atoms. The lowest BCUT2D eigenvalue weighted by atomic mass is 10.0. The molecule has 0 spiro atoms. The number of benzene rings is 2. The van der Waals surface area contributed by atoms with E-state index < -0.39 is 0 Å². The molecule has 0 saturated carbocycles. The average Bonchev–Trinajstić information content (AvgIpc) is 2.27. The minimum absolute atomic E-state index is 0.122. The topological polar surface area (TPSA) is 0 Å². The Morgan fingerprint density at radius 2 is 1.62 bits per heavy atom. The molecule has 0 saturated heterocycles. The van der Waals surface area contributed by atoms with Crippen molar-refractivity contribution in [2.45, 2.75) is 13.3 Å². The van der Waals surface area contributed by atoms with Crippen molar-refractivity contribution in [1.82, 2.24) is 0 Å². The highest BCUT2D eigenvalue weighted by molar-refractivity contribution is 14.1. The molecule has 0 radical (unpaired) electrons. The quantitative estimate of drug-likeness (QED) is 0.721. The van der Waals surface area contributed by atoms with E-state index in [1.807, 2.05) is 12.1 Å². The molecule has 0 unspecified atom stereocenters. The van der Waals surface area contributed by atoms with Crippen molar-refractivity contribution in [2.75, 3.05) is 0 Å². The summed E-state index contributed by atoms with van der Waals surface area (Å²) in [6.07, 6.45) is 0.786. The highest BCUT2D eigenvalue weighted by Crippen LogP contribution is 2.14. The third kappa shape index (κ3) is 2.82. The van der Waals surface area contributed by atoms with Crippen molar-refractivity contribution < 1.29 is 4.39 Å². The summed E-state index contributed by atoms with van der Waals surface area (Å²) in [6, 6.07) is 13.7. The van der Waals surface area contributed by atoms with Gasteiger partial charge in [-0.2, -0.15) is 0 Å². The van der Waals surface area contributed by atoms with Crippen LogP contribution in [0.4, 0.5) is 4.39 Å². The van der Waals surface area contributed by atoms with E-state index in [2.05, 4.69) is 46.9 Å². The Hall–Kier alpha value is -0.900. The molecule has 2 aromatic rings. The molecule has 0 aliphatic rings. The number of rotatable bonds is 2. The van der Waals surface area contributed by atoms with Gasteiger partial charge in [0.15, 0.2) is 0 Å². The van der Waals surface area contributed by atoms with Crippen LogP contribution in [0.2, 0.25) is 0 Å². The summed E-state index contributed by atoms with van der Waals surface area (Å²) in [5, 5.41) is 0. The van der Waals surface area contributed by atoms with Gasteiger partial charge in [-0.25, -0.2) is 4.39 Å². The zero-order valence-electron chi connectivity index (χ0n) is 9.00. The summed E-state index contributed by atoms with van der Waals surface area (Å²) >= 11 is 2.28. The first-order chi connectivity index (χ1) is 7.65. The SMILES string of the molecule is Cc1ccc(Cc2ccc(I)cc2)cc1F. The van der Waals surface area contributed by atoms with Crippen LogP contribution in [0.15, 0.2) is 42.5 Å². The molecule has 0 fully saturated rings. The summed E-state index contributed by atoms with van der Waals surface area (Å²) < 4.78 is 14.6. The first-order valence-electron chi connectivity index (χ1n) is 5.14. The largest absolute Gasteiger partial charge is 0.207 e. The molecule has 16 heavy (non-hydrogen) atoms. The van der Waals surface area contributed by atoms with Crippen LogP contribution >= 0.6 is 22.6 Å². The summed E-state index contributed by atoms with van der Waals surface area (Å²) in [5.74, 6) is -0.122. The molecule has 0 heterocycles. The molecular formula is C14H12FI. The van der Waals surface area contributed by atoms with Crippen molar-refractivity contribution in [3.8, 4) is 0 Å². The fourth-order valence-corrected chi connectivity index (χ4v) is 1.94. The van der Waals surface area contributed by atoms with Crippen LogP contribution in [0.5, 0.6) is 0 Å². The molecule has 0 nitrogen and oxygen atoms in total. The first kappa shape index (κ1) is 11.6. The molecule has 0 aromatic heterocycles. The Morgan fingerprint density at radius 1 is 1.00 bits per heavy atom. The Morgan fingerprint density at radius 3 is 2.25 bits per heavy atom. The second-order valence-electron chi connectivity index (χ2n) is 3.89. The van der Waals surface area contributed by atoms with Crippen LogP contribution in [-0.2, 0) is 6.42 Å². The highest BCUT2D eigenvalue weighted by atomic mass is 127. The summed E-state index contributed by atoms with van der Waals surface area (Å²) in [5.41, 5.74) is 2.93. The lowest BCUT2D eigenvalue weighted by Gasteiger charge is -2.04. The fourth-order valence-electron chi connectivity index (χ4n) is 1.58. The lowest BCUT2D eigenvalue weighted by Crippen LogP contribution is -1.91. The van der Waals surface area contributed by atoms with Gasteiger partial charge < -0.3 is 0 Å². The molecule has 0 aliphatic heterocycles. The third-order valence-electron chi connectivity index (χ3n) is 2.56. The van der Waals surface area contributed by atoms with Crippen LogP contribution in [0.3, 0.4) is 0 Å². The van der Waals surface area contributed by atoms with E-state index in [0.717, 1.165) is 12.0 Å². The number of halogens is 2. The number of aryl methyl sites for hydroxylation is 1. The van der Waals surface area contributed by atoms with Crippen molar-refractivity contribution in [2.24, 2.45) is 0 Å². The zero-order chi connectivity index (χ0) is 11.5. The van der Waals surface area contributed by atoms with E-state index in [-0.39, 0.29) is 5.82 Å². The van der Waals surface area contributed by atoms with Gasteiger partial charge in [-0.3, -0.25) is 0 Å². The maximum absolute atomic E-state index is 13.3. The van der Waals surface area contributed by atoms with E-state index in [1.165, 1.54) is 9.13 Å². The van der Waals surface area contributed by atoms with Crippen LogP contribution in [0.25, 0.3) is 0 Å². The summed E-state index contributed by atoms with van der Waals surface area (Å²) in [6.45, 7) is 1.78. The van der Waals surface area contributed by atoms with Crippen molar-refractivity contribution in [1.29, 1.82) is 0 Å². The van der Waals surface area contributed by atoms with E-state index in [0.29, 0.717) is 5.56 Å². The normalized spacial score (nSPS) is 10.4. The second kappa shape index (κ2) is 4.95. The van der Waals surface area contributed by atoms with Gasteiger partial charge in [-0.1, -0.05) is 24.3 Å². The molecule has 0 amide bonds. The molecule has 2 aromatic carbocycles. The number of hydrogen-bond donors (Lipinski definition) is 0. The van der Waals surface area contributed by atoms with Crippen LogP contribution in [-0.4, -0.2) is 0 Å². The van der Waals surface area contributed by atoms with E-state index in [9.17, 15) is 4.39 Å². The Bertz CT molecular complexity index is 489. The van der Waals surface area contributed by atoms with Crippen molar-refractivity contribution in [3.63, 3.8) is 0 Å². The minimum Gasteiger partial charge on any atom is -0.207 e. The van der Waals surface area contributed by atoms with Gasteiger partial charge in [0.1, 0.15) is 5.82 Å². The Labute approximate surface area is 109 Å². The van der Waals surface area contributed by atoms with Gasteiger partial charge in [0.2, 0.25) is 0 Å². The zero-order valence-corrected chi connectivity index (χ0v) is 11.2. The summed E-state index contributed by atoms with van der Waals surface area (Å²) in [7, 11) is 0. The standard InChI is InChI=1S/C14H12FI/c1-10-2-3-12(9-14(10)15)8-11-4-6-13(16)7-5-11/h2-7,9H,8H2,1H3. The fraction of sp³-hybridized carbons (Fsp3) is 0.143. The van der Waals surface area contributed by atoms with Gasteiger partial charge in [0.05, 0.1) is 0 Å². The molecule has 2 heteroatoms. The monoisotopic (exact) mass is 326 g/mol. The first-order valence-corrected chi connectivity index (χ1v) is 6.22. The van der Waals surface area contributed by atoms with Crippen molar-refractivity contribution >= 4 is 22.6 Å². The summed E-state index contributed by atoms with van der Waals surface area (Å²) in [4.78, 5) is 0. The van der Waals surface area contributed by atoms with Crippen LogP contribution in [0.1, 0.15) is 16.7 Å². The smallest absolute Gasteiger partial charge is 0.126 e. The van der Waals surface area contributed by atoms with Gasteiger partial charge in [-0.05, 0) is 70.8 Å². The molecule has 0 atom stereocenters. The second-order valence-corrected chi connectivity index (χ2v) is 5.13. The van der Waals surface area contributed by atoms with E-state index in [1.54, 1.807) is 13.0 Å². The third-order valence-corrected chi connectivity index (χ3v) is 3.28. The minimum atomic E-state index is -0.122. The predicted molar refractivity (Wildman–Crippen MR) is 73.1 cm³/mol. The van der Waals surface area contributed by atoms with Gasteiger partial charge in [-0.15, -0.1) is 0 Å². The van der Waals surface area contributed by atoms with Gasteiger partial charge >= 0.3 is 0 Å².